The van der Waals surface area contributed by atoms with E-state index >= 15 is 0 Å². The third-order valence-electron chi connectivity index (χ3n) is 2.47. The van der Waals surface area contributed by atoms with E-state index in [-0.39, 0.29) is 4.90 Å². The Bertz CT molecular complexity index is 624. The maximum atomic E-state index is 12.2. The second-order valence-corrected chi connectivity index (χ2v) is 5.37. The molecule has 0 spiro atoms. The van der Waals surface area contributed by atoms with Gasteiger partial charge in [0, 0.05) is 12.7 Å². The maximum Gasteiger partial charge on any atom is 0.263 e. The van der Waals surface area contributed by atoms with E-state index in [1.165, 1.54) is 0 Å². The van der Waals surface area contributed by atoms with Crippen molar-refractivity contribution in [3.63, 3.8) is 0 Å². The number of sulfonamides is 1. The average molecular weight is 262 g/mol. The van der Waals surface area contributed by atoms with Gasteiger partial charge in [-0.05, 0) is 24.3 Å². The first kappa shape index (κ1) is 12.4. The van der Waals surface area contributed by atoms with Gasteiger partial charge in [0.1, 0.15) is 4.90 Å². The smallest absolute Gasteiger partial charge is 0.263 e. The van der Waals surface area contributed by atoms with Gasteiger partial charge in [-0.25, -0.2) is 8.42 Å². The number of rotatable bonds is 4. The molecule has 0 atom stereocenters. The summed E-state index contributed by atoms with van der Waals surface area (Å²) >= 11 is 0. The van der Waals surface area contributed by atoms with Crippen molar-refractivity contribution in [2.24, 2.45) is 0 Å². The van der Waals surface area contributed by atoms with Gasteiger partial charge in [0.25, 0.3) is 10.0 Å². The SMILES string of the molecule is CNc1ccccc1S(=O)(=O)Nc1ccccc1. The Balaban J connectivity index is 2.37. The summed E-state index contributed by atoms with van der Waals surface area (Å²) in [5.41, 5.74) is 1.12. The number of nitrogens with one attached hydrogen (secondary N) is 2. The van der Waals surface area contributed by atoms with Gasteiger partial charge in [-0.2, -0.15) is 0 Å². The average Bonchev–Trinajstić information content (AvgIpc) is 2.39. The molecule has 5 heteroatoms. The molecule has 0 fully saturated rings. The Hall–Kier alpha value is -2.01. The summed E-state index contributed by atoms with van der Waals surface area (Å²) in [6, 6.07) is 15.6. The van der Waals surface area contributed by atoms with Crippen LogP contribution in [0.2, 0.25) is 0 Å². The number of anilines is 2. The highest BCUT2D eigenvalue weighted by Crippen LogP contribution is 2.22. The van der Waals surface area contributed by atoms with Crippen LogP contribution in [0, 0.1) is 0 Å². The zero-order chi connectivity index (χ0) is 13.0. The summed E-state index contributed by atoms with van der Waals surface area (Å²) in [5.74, 6) is 0. The zero-order valence-corrected chi connectivity index (χ0v) is 10.7. The standard InChI is InChI=1S/C13H14N2O2S/c1-14-12-9-5-6-10-13(12)18(16,17)15-11-7-3-2-4-8-11/h2-10,14-15H,1H3. The molecule has 0 unspecified atom stereocenters. The molecule has 0 aromatic heterocycles. The minimum absolute atomic E-state index is 0.233. The predicted octanol–water partition coefficient (Wildman–Crippen LogP) is 2.53. The fraction of sp³-hybridized carbons (Fsp3) is 0.0769. The Morgan fingerprint density at radius 1 is 0.889 bits per heavy atom. The van der Waals surface area contributed by atoms with Gasteiger partial charge in [0.2, 0.25) is 0 Å². The van der Waals surface area contributed by atoms with E-state index < -0.39 is 10.0 Å². The molecule has 2 aromatic rings. The molecule has 2 rings (SSSR count). The molecule has 0 saturated heterocycles. The lowest BCUT2D eigenvalue weighted by molar-refractivity contribution is 0.601. The van der Waals surface area contributed by atoms with Crippen molar-refractivity contribution < 1.29 is 8.42 Å². The lowest BCUT2D eigenvalue weighted by atomic mass is 10.3. The molecule has 2 N–H and O–H groups in total. The fourth-order valence-corrected chi connectivity index (χ4v) is 2.90. The number of para-hydroxylation sites is 2. The van der Waals surface area contributed by atoms with Crippen LogP contribution in [0.4, 0.5) is 11.4 Å². The van der Waals surface area contributed by atoms with E-state index in [1.54, 1.807) is 55.6 Å². The summed E-state index contributed by atoms with van der Waals surface area (Å²) in [6.07, 6.45) is 0. The van der Waals surface area contributed by atoms with Crippen LogP contribution in [0.1, 0.15) is 0 Å². The topological polar surface area (TPSA) is 58.2 Å². The lowest BCUT2D eigenvalue weighted by Gasteiger charge is -2.11. The molecule has 2 aromatic carbocycles. The van der Waals surface area contributed by atoms with E-state index in [1.807, 2.05) is 6.07 Å². The Labute approximate surface area is 107 Å². The van der Waals surface area contributed by atoms with Crippen molar-refractivity contribution in [3.05, 3.63) is 54.6 Å². The molecule has 4 nitrogen and oxygen atoms in total. The first-order valence-corrected chi connectivity index (χ1v) is 6.96. The van der Waals surface area contributed by atoms with Gasteiger partial charge < -0.3 is 5.32 Å². The van der Waals surface area contributed by atoms with Gasteiger partial charge >= 0.3 is 0 Å². The van der Waals surface area contributed by atoms with Crippen molar-refractivity contribution >= 4 is 21.4 Å². The first-order chi connectivity index (χ1) is 8.63. The second kappa shape index (κ2) is 5.10. The Morgan fingerprint density at radius 3 is 2.17 bits per heavy atom. The van der Waals surface area contributed by atoms with Gasteiger partial charge in [0.15, 0.2) is 0 Å². The minimum atomic E-state index is -3.57. The third-order valence-corrected chi connectivity index (χ3v) is 3.91. The van der Waals surface area contributed by atoms with Crippen molar-refractivity contribution in [1.29, 1.82) is 0 Å². The highest BCUT2D eigenvalue weighted by molar-refractivity contribution is 7.92. The van der Waals surface area contributed by atoms with Gasteiger partial charge in [0.05, 0.1) is 5.69 Å². The fourth-order valence-electron chi connectivity index (χ4n) is 1.62. The molecule has 0 radical (unpaired) electrons. The van der Waals surface area contributed by atoms with Crippen LogP contribution < -0.4 is 10.0 Å². The zero-order valence-electron chi connectivity index (χ0n) is 9.92. The summed E-state index contributed by atoms with van der Waals surface area (Å²) in [5, 5.41) is 2.87. The van der Waals surface area contributed by atoms with Crippen LogP contribution >= 0.6 is 0 Å². The number of hydrogen-bond donors (Lipinski definition) is 2. The van der Waals surface area contributed by atoms with Gasteiger partial charge in [-0.1, -0.05) is 30.3 Å². The summed E-state index contributed by atoms with van der Waals surface area (Å²) in [7, 11) is -1.88. The maximum absolute atomic E-state index is 12.2. The van der Waals surface area contributed by atoms with E-state index in [0.717, 1.165) is 0 Å². The van der Waals surface area contributed by atoms with Crippen LogP contribution in [0.15, 0.2) is 59.5 Å². The monoisotopic (exact) mass is 262 g/mol. The molecule has 0 heterocycles. The van der Waals surface area contributed by atoms with Crippen molar-refractivity contribution in [3.8, 4) is 0 Å². The van der Waals surface area contributed by atoms with Gasteiger partial charge in [-0.15, -0.1) is 0 Å². The predicted molar refractivity (Wildman–Crippen MR) is 73.2 cm³/mol. The molecule has 18 heavy (non-hydrogen) atoms. The molecule has 0 bridgehead atoms. The molecule has 94 valence electrons. The molecule has 0 aliphatic carbocycles. The molecular weight excluding hydrogens is 248 g/mol. The molecule has 0 aliphatic heterocycles. The van der Waals surface area contributed by atoms with E-state index in [0.29, 0.717) is 11.4 Å². The van der Waals surface area contributed by atoms with E-state index in [4.69, 9.17) is 0 Å². The Morgan fingerprint density at radius 2 is 1.50 bits per heavy atom. The normalized spacial score (nSPS) is 10.9. The third kappa shape index (κ3) is 2.62. The van der Waals surface area contributed by atoms with Crippen LogP contribution in [0.25, 0.3) is 0 Å². The van der Waals surface area contributed by atoms with Crippen LogP contribution in [0.3, 0.4) is 0 Å². The molecule has 0 aliphatic rings. The highest BCUT2D eigenvalue weighted by atomic mass is 32.2. The van der Waals surface area contributed by atoms with Crippen molar-refractivity contribution in [2.75, 3.05) is 17.1 Å². The van der Waals surface area contributed by atoms with Crippen LogP contribution in [-0.2, 0) is 10.0 Å². The summed E-state index contributed by atoms with van der Waals surface area (Å²) in [4.78, 5) is 0.233. The molecule has 0 saturated carbocycles. The largest absolute Gasteiger partial charge is 0.387 e. The van der Waals surface area contributed by atoms with E-state index in [2.05, 4.69) is 10.0 Å². The van der Waals surface area contributed by atoms with Gasteiger partial charge in [-0.3, -0.25) is 4.72 Å². The quantitative estimate of drug-likeness (QED) is 0.890. The summed E-state index contributed by atoms with van der Waals surface area (Å²) < 4.78 is 27.0. The van der Waals surface area contributed by atoms with E-state index in [9.17, 15) is 8.42 Å². The summed E-state index contributed by atoms with van der Waals surface area (Å²) in [6.45, 7) is 0. The lowest BCUT2D eigenvalue weighted by Crippen LogP contribution is -2.14. The molecule has 0 amide bonds. The van der Waals surface area contributed by atoms with Crippen LogP contribution in [-0.4, -0.2) is 15.5 Å². The van der Waals surface area contributed by atoms with Crippen LogP contribution in [0.5, 0.6) is 0 Å². The van der Waals surface area contributed by atoms with Crippen molar-refractivity contribution in [1.82, 2.24) is 0 Å². The highest BCUT2D eigenvalue weighted by Gasteiger charge is 2.17. The number of benzene rings is 2. The Kier molecular flexibility index (Phi) is 3.53. The number of hydrogen-bond acceptors (Lipinski definition) is 3. The molecular formula is C13H14N2O2S. The van der Waals surface area contributed by atoms with Crippen molar-refractivity contribution in [2.45, 2.75) is 4.90 Å². The minimum Gasteiger partial charge on any atom is -0.387 e. The first-order valence-electron chi connectivity index (χ1n) is 5.48. The second-order valence-electron chi connectivity index (χ2n) is 3.72.